The molecule has 0 radical (unpaired) electrons. The molecule has 0 saturated carbocycles. The second kappa shape index (κ2) is 5.80. The molecule has 0 aromatic heterocycles. The second-order valence-electron chi connectivity index (χ2n) is 5.03. The number of carbonyl (C=O) groups is 1. The van der Waals surface area contributed by atoms with Gasteiger partial charge in [0.15, 0.2) is 0 Å². The zero-order valence-corrected chi connectivity index (χ0v) is 12.2. The molecular weight excluding hydrogens is 262 g/mol. The quantitative estimate of drug-likeness (QED) is 0.845. The number of nitrogens with zero attached hydrogens (tertiary/aromatic N) is 2. The zero-order chi connectivity index (χ0) is 14.0. The summed E-state index contributed by atoms with van der Waals surface area (Å²) >= 11 is 5.97. The van der Waals surface area contributed by atoms with Gasteiger partial charge in [-0.2, -0.15) is 0 Å². The number of rotatable bonds is 2. The summed E-state index contributed by atoms with van der Waals surface area (Å²) in [7, 11) is 2.11. The van der Waals surface area contributed by atoms with Crippen molar-refractivity contribution in [3.63, 3.8) is 0 Å². The topological polar surface area (TPSA) is 49.6 Å². The predicted molar refractivity (Wildman–Crippen MR) is 78.5 cm³/mol. The van der Waals surface area contributed by atoms with E-state index in [0.717, 1.165) is 26.1 Å². The van der Waals surface area contributed by atoms with Crippen LogP contribution >= 0.6 is 11.6 Å². The van der Waals surface area contributed by atoms with Crippen molar-refractivity contribution >= 4 is 23.2 Å². The molecule has 1 atom stereocenters. The number of benzene rings is 1. The van der Waals surface area contributed by atoms with Gasteiger partial charge in [0.1, 0.15) is 0 Å². The van der Waals surface area contributed by atoms with Gasteiger partial charge in [0.2, 0.25) is 0 Å². The molecule has 1 saturated heterocycles. The Morgan fingerprint density at radius 2 is 2.21 bits per heavy atom. The molecule has 1 aliphatic heterocycles. The lowest BCUT2D eigenvalue weighted by Gasteiger charge is -2.39. The minimum atomic E-state index is 0.0356. The highest BCUT2D eigenvalue weighted by molar-refractivity contribution is 6.33. The molecule has 19 heavy (non-hydrogen) atoms. The van der Waals surface area contributed by atoms with Crippen molar-refractivity contribution in [2.75, 3.05) is 32.4 Å². The molecule has 0 spiro atoms. The van der Waals surface area contributed by atoms with Crippen LogP contribution in [0.15, 0.2) is 18.2 Å². The highest BCUT2D eigenvalue weighted by atomic mass is 35.5. The summed E-state index contributed by atoms with van der Waals surface area (Å²) in [5.74, 6) is 0.0356. The fourth-order valence-electron chi connectivity index (χ4n) is 2.41. The largest absolute Gasteiger partial charge is 0.398 e. The van der Waals surface area contributed by atoms with Gasteiger partial charge in [-0.25, -0.2) is 0 Å². The second-order valence-corrected chi connectivity index (χ2v) is 5.44. The van der Waals surface area contributed by atoms with E-state index in [4.69, 9.17) is 17.3 Å². The fraction of sp³-hybridized carbons (Fsp3) is 0.500. The normalized spacial score (nSPS) is 20.6. The van der Waals surface area contributed by atoms with Crippen LogP contribution < -0.4 is 5.73 Å². The third kappa shape index (κ3) is 3.01. The molecule has 2 N–H and O–H groups in total. The molecule has 1 fully saturated rings. The van der Waals surface area contributed by atoms with Gasteiger partial charge in [-0.05, 0) is 31.7 Å². The molecule has 104 valence electrons. The van der Waals surface area contributed by atoms with Gasteiger partial charge in [-0.3, -0.25) is 9.69 Å². The van der Waals surface area contributed by atoms with Gasteiger partial charge >= 0.3 is 0 Å². The summed E-state index contributed by atoms with van der Waals surface area (Å²) in [5.41, 5.74) is 6.78. The molecule has 1 heterocycles. The Bertz CT molecular complexity index is 478. The van der Waals surface area contributed by atoms with E-state index in [1.54, 1.807) is 18.2 Å². The SMILES string of the molecule is CCC1CN(C(=O)c2ccc(N)c(Cl)c2)CCN1C. The minimum Gasteiger partial charge on any atom is -0.398 e. The number of nitrogens with two attached hydrogens (primary N) is 1. The third-order valence-corrected chi connectivity index (χ3v) is 4.11. The van der Waals surface area contributed by atoms with Gasteiger partial charge in [-0.15, -0.1) is 0 Å². The van der Waals surface area contributed by atoms with Crippen LogP contribution in [0, 0.1) is 0 Å². The van der Waals surface area contributed by atoms with Crippen LogP contribution in [0.25, 0.3) is 0 Å². The molecule has 1 aromatic rings. The lowest BCUT2D eigenvalue weighted by molar-refractivity contribution is 0.0542. The number of piperazine rings is 1. The summed E-state index contributed by atoms with van der Waals surface area (Å²) in [4.78, 5) is 16.6. The van der Waals surface area contributed by atoms with E-state index in [1.165, 1.54) is 0 Å². The van der Waals surface area contributed by atoms with E-state index < -0.39 is 0 Å². The first-order chi connectivity index (χ1) is 9.02. The van der Waals surface area contributed by atoms with Crippen molar-refractivity contribution in [3.05, 3.63) is 28.8 Å². The van der Waals surface area contributed by atoms with Gasteiger partial charge in [0.05, 0.1) is 10.7 Å². The van der Waals surface area contributed by atoms with Gasteiger partial charge in [0.25, 0.3) is 5.91 Å². The summed E-state index contributed by atoms with van der Waals surface area (Å²) in [6, 6.07) is 5.51. The maximum absolute atomic E-state index is 12.4. The summed E-state index contributed by atoms with van der Waals surface area (Å²) in [6.07, 6.45) is 1.04. The Hall–Kier alpha value is -1.26. The summed E-state index contributed by atoms with van der Waals surface area (Å²) in [5, 5.41) is 0.437. The van der Waals surface area contributed by atoms with Gasteiger partial charge in [0, 0.05) is 31.2 Å². The number of hydrogen-bond donors (Lipinski definition) is 1. The van der Waals surface area contributed by atoms with E-state index in [-0.39, 0.29) is 5.91 Å². The van der Waals surface area contributed by atoms with Crippen molar-refractivity contribution in [1.82, 2.24) is 9.80 Å². The summed E-state index contributed by atoms with van der Waals surface area (Å²) in [6.45, 7) is 4.59. The molecule has 0 aliphatic carbocycles. The molecule has 2 rings (SSSR count). The maximum Gasteiger partial charge on any atom is 0.254 e. The van der Waals surface area contributed by atoms with E-state index in [9.17, 15) is 4.79 Å². The number of likely N-dealkylation sites (N-methyl/N-ethyl adjacent to an activating group) is 1. The van der Waals surface area contributed by atoms with Crippen molar-refractivity contribution in [1.29, 1.82) is 0 Å². The standard InChI is InChI=1S/C14H20ClN3O/c1-3-11-9-18(7-6-17(11)2)14(19)10-4-5-13(16)12(15)8-10/h4-5,8,11H,3,6-7,9,16H2,1-2H3. The van der Waals surface area contributed by atoms with E-state index in [0.29, 0.717) is 22.3 Å². The van der Waals surface area contributed by atoms with Crippen molar-refractivity contribution in [3.8, 4) is 0 Å². The molecule has 1 aromatic carbocycles. The van der Waals surface area contributed by atoms with Crippen molar-refractivity contribution in [2.24, 2.45) is 0 Å². The highest BCUT2D eigenvalue weighted by Gasteiger charge is 2.26. The van der Waals surface area contributed by atoms with Crippen molar-refractivity contribution < 1.29 is 4.79 Å². The molecular formula is C14H20ClN3O. The molecule has 5 heteroatoms. The molecule has 1 unspecified atom stereocenters. The average molecular weight is 282 g/mol. The van der Waals surface area contributed by atoms with Gasteiger partial charge in [-0.1, -0.05) is 18.5 Å². The Morgan fingerprint density at radius 3 is 2.84 bits per heavy atom. The van der Waals surface area contributed by atoms with Crippen LogP contribution in [0.3, 0.4) is 0 Å². The van der Waals surface area contributed by atoms with Crippen LogP contribution in [0.1, 0.15) is 23.7 Å². The molecule has 1 aliphatic rings. The Balaban J connectivity index is 2.13. The van der Waals surface area contributed by atoms with Crippen LogP contribution in [-0.2, 0) is 0 Å². The molecule has 0 bridgehead atoms. The fourth-order valence-corrected chi connectivity index (χ4v) is 2.59. The Kier molecular flexibility index (Phi) is 4.32. The van der Waals surface area contributed by atoms with E-state index in [1.807, 2.05) is 4.90 Å². The smallest absolute Gasteiger partial charge is 0.254 e. The lowest BCUT2D eigenvalue weighted by atomic mass is 10.1. The lowest BCUT2D eigenvalue weighted by Crippen LogP contribution is -2.52. The predicted octanol–water partition coefficient (Wildman–Crippen LogP) is 2.09. The Morgan fingerprint density at radius 1 is 1.47 bits per heavy atom. The van der Waals surface area contributed by atoms with Gasteiger partial charge < -0.3 is 10.6 Å². The molecule has 1 amide bonds. The number of anilines is 1. The van der Waals surface area contributed by atoms with Crippen LogP contribution in [0.5, 0.6) is 0 Å². The first kappa shape index (κ1) is 14.2. The minimum absolute atomic E-state index is 0.0356. The number of carbonyl (C=O) groups excluding carboxylic acids is 1. The maximum atomic E-state index is 12.4. The average Bonchev–Trinajstić information content (AvgIpc) is 2.41. The van der Waals surface area contributed by atoms with Crippen LogP contribution in [-0.4, -0.2) is 48.4 Å². The monoisotopic (exact) mass is 281 g/mol. The first-order valence-electron chi connectivity index (χ1n) is 6.57. The van der Waals surface area contributed by atoms with E-state index in [2.05, 4.69) is 18.9 Å². The highest BCUT2D eigenvalue weighted by Crippen LogP contribution is 2.21. The Labute approximate surface area is 119 Å². The van der Waals surface area contributed by atoms with Crippen LogP contribution in [0.4, 0.5) is 5.69 Å². The summed E-state index contributed by atoms with van der Waals surface area (Å²) < 4.78 is 0. The number of amides is 1. The van der Waals surface area contributed by atoms with Crippen LogP contribution in [0.2, 0.25) is 5.02 Å². The number of halogens is 1. The zero-order valence-electron chi connectivity index (χ0n) is 11.4. The molecule has 4 nitrogen and oxygen atoms in total. The third-order valence-electron chi connectivity index (χ3n) is 3.78. The number of nitrogen functional groups attached to an aromatic ring is 1. The van der Waals surface area contributed by atoms with Crippen molar-refractivity contribution in [2.45, 2.75) is 19.4 Å². The number of hydrogen-bond acceptors (Lipinski definition) is 3. The van der Waals surface area contributed by atoms with E-state index >= 15 is 0 Å². The first-order valence-corrected chi connectivity index (χ1v) is 6.95.